The first kappa shape index (κ1) is 34.6. The zero-order valence-corrected chi connectivity index (χ0v) is 27.4. The van der Waals surface area contributed by atoms with Crippen molar-refractivity contribution in [2.45, 2.75) is 25.7 Å². The second kappa shape index (κ2) is 15.9. The van der Waals surface area contributed by atoms with Crippen LogP contribution in [-0.4, -0.2) is 44.9 Å². The molecule has 0 spiro atoms. The van der Waals surface area contributed by atoms with Gasteiger partial charge in [-0.3, -0.25) is 19.2 Å². The number of esters is 2. The van der Waals surface area contributed by atoms with Crippen LogP contribution in [0.1, 0.15) is 52.0 Å². The molecule has 1 aliphatic rings. The van der Waals surface area contributed by atoms with E-state index in [4.69, 9.17) is 18.9 Å². The number of ether oxygens (including phenoxy) is 4. The van der Waals surface area contributed by atoms with Crippen LogP contribution in [0.3, 0.4) is 0 Å². The molecule has 0 aliphatic heterocycles. The first-order valence-corrected chi connectivity index (χ1v) is 15.8. The smallest absolute Gasteiger partial charge is 0.314 e. The molecular formula is C39H36FNO8. The SMILES string of the molecule is COc1ccc(N(C)C(=O)c2ccc(OC(=O)C3CCC(C(=O)Oc4ccc(OC)cc4/C=C/C(=O)c4ccc(F)cc4)CC3)cc2)cc1. The van der Waals surface area contributed by atoms with Crippen LogP contribution in [0.15, 0.2) is 97.1 Å². The zero-order chi connectivity index (χ0) is 34.9. The van der Waals surface area contributed by atoms with E-state index in [9.17, 15) is 23.6 Å². The van der Waals surface area contributed by atoms with Crippen molar-refractivity contribution >= 4 is 35.4 Å². The largest absolute Gasteiger partial charge is 0.497 e. The third kappa shape index (κ3) is 8.78. The number of halogens is 1. The van der Waals surface area contributed by atoms with E-state index in [-0.39, 0.29) is 23.4 Å². The van der Waals surface area contributed by atoms with Crippen molar-refractivity contribution in [3.8, 4) is 23.0 Å². The minimum absolute atomic E-state index is 0.218. The monoisotopic (exact) mass is 665 g/mol. The normalized spacial score (nSPS) is 15.7. The lowest BCUT2D eigenvalue weighted by molar-refractivity contribution is -0.145. The number of carbonyl (C=O) groups is 4. The molecule has 0 unspecified atom stereocenters. The van der Waals surface area contributed by atoms with Crippen molar-refractivity contribution in [1.29, 1.82) is 0 Å². The van der Waals surface area contributed by atoms with Crippen molar-refractivity contribution in [3.05, 3.63) is 120 Å². The van der Waals surface area contributed by atoms with Gasteiger partial charge in [0.05, 0.1) is 26.1 Å². The van der Waals surface area contributed by atoms with Gasteiger partial charge >= 0.3 is 11.9 Å². The minimum atomic E-state index is -0.442. The van der Waals surface area contributed by atoms with Crippen LogP contribution in [0.2, 0.25) is 0 Å². The van der Waals surface area contributed by atoms with Gasteiger partial charge in [0.1, 0.15) is 28.8 Å². The summed E-state index contributed by atoms with van der Waals surface area (Å²) in [6.45, 7) is 0. The molecule has 1 aliphatic carbocycles. The van der Waals surface area contributed by atoms with E-state index in [0.29, 0.717) is 65.3 Å². The lowest BCUT2D eigenvalue weighted by Gasteiger charge is -2.26. The summed E-state index contributed by atoms with van der Waals surface area (Å²) in [6.07, 6.45) is 4.61. The topological polar surface area (TPSA) is 108 Å². The summed E-state index contributed by atoms with van der Waals surface area (Å²) < 4.78 is 35.1. The average Bonchev–Trinajstić information content (AvgIpc) is 3.14. The highest BCUT2D eigenvalue weighted by atomic mass is 19.1. The number of ketones is 1. The van der Waals surface area contributed by atoms with Crippen LogP contribution >= 0.6 is 0 Å². The van der Waals surface area contributed by atoms with Crippen LogP contribution in [0.4, 0.5) is 10.1 Å². The Bertz CT molecular complexity index is 1830. The Morgan fingerprint density at radius 3 is 1.80 bits per heavy atom. The quantitative estimate of drug-likeness (QED) is 0.0709. The maximum absolute atomic E-state index is 13.2. The van der Waals surface area contributed by atoms with Crippen molar-refractivity contribution in [3.63, 3.8) is 0 Å². The van der Waals surface area contributed by atoms with Crippen LogP contribution in [0.5, 0.6) is 23.0 Å². The van der Waals surface area contributed by atoms with Gasteiger partial charge in [0.15, 0.2) is 5.78 Å². The number of rotatable bonds is 11. The molecule has 1 fully saturated rings. The second-order valence-electron chi connectivity index (χ2n) is 11.6. The van der Waals surface area contributed by atoms with Gasteiger partial charge in [-0.05, 0) is 129 Å². The Morgan fingerprint density at radius 1 is 0.673 bits per heavy atom. The van der Waals surface area contributed by atoms with E-state index < -0.39 is 23.7 Å². The summed E-state index contributed by atoms with van der Waals surface area (Å²) in [7, 11) is 4.76. The third-order valence-electron chi connectivity index (χ3n) is 8.45. The van der Waals surface area contributed by atoms with E-state index in [0.717, 1.165) is 0 Å². The van der Waals surface area contributed by atoms with Gasteiger partial charge in [0.2, 0.25) is 0 Å². The molecular weight excluding hydrogens is 629 g/mol. The summed E-state index contributed by atoms with van der Waals surface area (Å²) in [5.74, 6) is -0.849. The predicted molar refractivity (Wildman–Crippen MR) is 182 cm³/mol. The molecule has 0 saturated heterocycles. The summed E-state index contributed by atoms with van der Waals surface area (Å²) in [5, 5.41) is 0. The van der Waals surface area contributed by atoms with Gasteiger partial charge in [0, 0.05) is 29.4 Å². The number of methoxy groups -OCH3 is 2. The molecule has 5 rings (SSSR count). The lowest BCUT2D eigenvalue weighted by Crippen LogP contribution is -2.30. The Kier molecular flexibility index (Phi) is 11.2. The van der Waals surface area contributed by atoms with Gasteiger partial charge in [-0.15, -0.1) is 0 Å². The Labute approximate surface area is 283 Å². The standard InChI is InChI=1S/C39H36FNO8/c1-41(31-15-19-32(46-2)20-16-31)37(43)26-10-17-33(18-11-26)48-38(44)27-4-6-28(7-5-27)39(45)49-36-23-21-34(47-3)24-29(36)12-22-35(42)25-8-13-30(40)14-9-25/h8-24,27-28H,4-7H2,1-3H3/b22-12+. The first-order chi connectivity index (χ1) is 23.6. The molecule has 0 atom stereocenters. The predicted octanol–water partition coefficient (Wildman–Crippen LogP) is 7.33. The zero-order valence-electron chi connectivity index (χ0n) is 27.4. The van der Waals surface area contributed by atoms with Crippen LogP contribution in [-0.2, 0) is 9.59 Å². The molecule has 0 aromatic heterocycles. The van der Waals surface area contributed by atoms with Crippen LogP contribution in [0.25, 0.3) is 6.08 Å². The molecule has 0 radical (unpaired) electrons. The average molecular weight is 666 g/mol. The number of hydrogen-bond acceptors (Lipinski definition) is 8. The highest BCUT2D eigenvalue weighted by Gasteiger charge is 2.32. The highest BCUT2D eigenvalue weighted by Crippen LogP contribution is 2.33. The van der Waals surface area contributed by atoms with Crippen molar-refractivity contribution in [2.24, 2.45) is 11.8 Å². The van der Waals surface area contributed by atoms with Gasteiger partial charge in [0.25, 0.3) is 5.91 Å². The number of benzene rings is 4. The van der Waals surface area contributed by atoms with Crippen molar-refractivity contribution in [1.82, 2.24) is 0 Å². The second-order valence-corrected chi connectivity index (χ2v) is 11.6. The molecule has 4 aromatic carbocycles. The first-order valence-electron chi connectivity index (χ1n) is 15.8. The van der Waals surface area contributed by atoms with Crippen LogP contribution < -0.4 is 23.8 Å². The fourth-order valence-corrected chi connectivity index (χ4v) is 5.49. The molecule has 49 heavy (non-hydrogen) atoms. The number of anilines is 1. The number of carbonyl (C=O) groups excluding carboxylic acids is 4. The molecule has 10 heteroatoms. The molecule has 252 valence electrons. The van der Waals surface area contributed by atoms with Gasteiger partial charge in [-0.2, -0.15) is 0 Å². The van der Waals surface area contributed by atoms with E-state index in [1.54, 1.807) is 80.9 Å². The number of allylic oxidation sites excluding steroid dienone is 1. The van der Waals surface area contributed by atoms with Crippen molar-refractivity contribution < 1.29 is 42.5 Å². The Morgan fingerprint density at radius 2 is 1.20 bits per heavy atom. The summed E-state index contributed by atoms with van der Waals surface area (Å²) in [4.78, 5) is 53.2. The van der Waals surface area contributed by atoms with Crippen LogP contribution in [0, 0.1) is 17.7 Å². The summed E-state index contributed by atoms with van der Waals surface area (Å²) >= 11 is 0. The maximum Gasteiger partial charge on any atom is 0.314 e. The molecule has 1 amide bonds. The van der Waals surface area contributed by atoms with E-state index in [1.807, 2.05) is 0 Å². The molecule has 4 aromatic rings. The van der Waals surface area contributed by atoms with E-state index >= 15 is 0 Å². The Balaban J connectivity index is 1.14. The fraction of sp³-hybridized carbons (Fsp3) is 0.231. The molecule has 0 bridgehead atoms. The minimum Gasteiger partial charge on any atom is -0.497 e. The lowest BCUT2D eigenvalue weighted by atomic mass is 9.82. The highest BCUT2D eigenvalue weighted by molar-refractivity contribution is 6.07. The molecule has 1 saturated carbocycles. The van der Waals surface area contributed by atoms with Gasteiger partial charge in [-0.25, -0.2) is 4.39 Å². The third-order valence-corrected chi connectivity index (χ3v) is 8.45. The Hall–Kier alpha value is -5.77. The summed E-state index contributed by atoms with van der Waals surface area (Å²) in [6, 6.07) is 23.6. The van der Waals surface area contributed by atoms with Gasteiger partial charge in [-0.1, -0.05) is 0 Å². The maximum atomic E-state index is 13.2. The number of hydrogen-bond donors (Lipinski definition) is 0. The van der Waals surface area contributed by atoms with E-state index in [1.165, 1.54) is 48.4 Å². The number of nitrogens with zero attached hydrogens (tertiary/aromatic N) is 1. The van der Waals surface area contributed by atoms with E-state index in [2.05, 4.69) is 0 Å². The molecule has 9 nitrogen and oxygen atoms in total. The number of amides is 1. The van der Waals surface area contributed by atoms with Crippen molar-refractivity contribution in [2.75, 3.05) is 26.2 Å². The molecule has 0 heterocycles. The van der Waals surface area contributed by atoms with Gasteiger partial charge < -0.3 is 23.8 Å². The fourth-order valence-electron chi connectivity index (χ4n) is 5.49. The molecule has 0 N–H and O–H groups in total. The summed E-state index contributed by atoms with van der Waals surface area (Å²) in [5.41, 5.74) is 1.92.